The van der Waals surface area contributed by atoms with Gasteiger partial charge in [-0.25, -0.2) is 13.2 Å². The van der Waals surface area contributed by atoms with Crippen LogP contribution in [0.15, 0.2) is 53.4 Å². The van der Waals surface area contributed by atoms with E-state index in [4.69, 9.17) is 0 Å². The first-order valence-corrected chi connectivity index (χ1v) is 9.73. The molecule has 1 saturated heterocycles. The summed E-state index contributed by atoms with van der Waals surface area (Å²) >= 11 is 0. The fraction of sp³-hybridized carbons (Fsp3) is 0.167. The average Bonchev–Trinajstić information content (AvgIpc) is 3.12. The summed E-state index contributed by atoms with van der Waals surface area (Å²) in [6.07, 6.45) is 0. The van der Waals surface area contributed by atoms with Crippen LogP contribution in [0.4, 0.5) is 16.2 Å². The Balaban J connectivity index is 1.62. The van der Waals surface area contributed by atoms with Crippen LogP contribution in [0.2, 0.25) is 0 Å². The van der Waals surface area contributed by atoms with Crippen molar-refractivity contribution in [3.63, 3.8) is 0 Å². The van der Waals surface area contributed by atoms with Gasteiger partial charge in [-0.1, -0.05) is 17.9 Å². The van der Waals surface area contributed by atoms with E-state index in [2.05, 4.69) is 21.9 Å². The van der Waals surface area contributed by atoms with Gasteiger partial charge in [-0.05, 0) is 30.3 Å². The van der Waals surface area contributed by atoms with Gasteiger partial charge in [-0.15, -0.1) is 0 Å². The minimum Gasteiger partial charge on any atom is -0.336 e. The number of hydrogen-bond acceptors (Lipinski definition) is 5. The van der Waals surface area contributed by atoms with E-state index in [9.17, 15) is 23.3 Å². The summed E-state index contributed by atoms with van der Waals surface area (Å²) in [5.74, 6) is 5.52. The first kappa shape index (κ1) is 19.3. The van der Waals surface area contributed by atoms with Crippen molar-refractivity contribution in [1.29, 1.82) is 0 Å². The number of sulfonamides is 1. The molecule has 0 radical (unpaired) electrons. The number of nitrogens with one attached hydrogen (secondary N) is 2. The summed E-state index contributed by atoms with van der Waals surface area (Å²) in [4.78, 5) is 23.1. The Morgan fingerprint density at radius 3 is 2.61 bits per heavy atom. The number of rotatable bonds is 5. The molecule has 0 unspecified atom stereocenters. The highest BCUT2D eigenvalue weighted by Crippen LogP contribution is 2.18. The van der Waals surface area contributed by atoms with Crippen LogP contribution in [-0.2, 0) is 10.0 Å². The van der Waals surface area contributed by atoms with Gasteiger partial charge in [0.1, 0.15) is 0 Å². The zero-order valence-corrected chi connectivity index (χ0v) is 15.4. The second-order valence-electron chi connectivity index (χ2n) is 5.81. The predicted octanol–water partition coefficient (Wildman–Crippen LogP) is 1.45. The minimum absolute atomic E-state index is 0.144. The molecular weight excluding hydrogens is 384 g/mol. The monoisotopic (exact) mass is 400 g/mol. The number of hydrogen-bond donors (Lipinski definition) is 2. The van der Waals surface area contributed by atoms with Crippen LogP contribution in [0.5, 0.6) is 0 Å². The van der Waals surface area contributed by atoms with Crippen molar-refractivity contribution < 1.29 is 18.1 Å². The molecule has 0 aliphatic carbocycles. The van der Waals surface area contributed by atoms with Gasteiger partial charge < -0.3 is 5.32 Å². The van der Waals surface area contributed by atoms with Gasteiger partial charge >= 0.3 is 6.03 Å². The van der Waals surface area contributed by atoms with Crippen molar-refractivity contribution in [2.75, 3.05) is 24.5 Å². The van der Waals surface area contributed by atoms with Crippen molar-refractivity contribution in [3.8, 4) is 11.8 Å². The smallest absolute Gasteiger partial charge is 0.321 e. The molecule has 0 spiro atoms. The van der Waals surface area contributed by atoms with Crippen LogP contribution in [0.1, 0.15) is 5.56 Å². The quantitative estimate of drug-likeness (QED) is 0.447. The number of nitro benzene ring substituents is 1. The maximum atomic E-state index is 12.2. The summed E-state index contributed by atoms with van der Waals surface area (Å²) in [6.45, 7) is 1.05. The van der Waals surface area contributed by atoms with E-state index in [1.807, 2.05) is 0 Å². The van der Waals surface area contributed by atoms with Gasteiger partial charge in [0, 0.05) is 36.5 Å². The summed E-state index contributed by atoms with van der Waals surface area (Å²) in [7, 11) is -3.90. The van der Waals surface area contributed by atoms with Crippen LogP contribution in [-0.4, -0.2) is 39.0 Å². The Hall–Kier alpha value is -3.42. The van der Waals surface area contributed by atoms with Crippen LogP contribution >= 0.6 is 0 Å². The van der Waals surface area contributed by atoms with E-state index in [0.717, 1.165) is 11.8 Å². The van der Waals surface area contributed by atoms with Crippen molar-refractivity contribution in [1.82, 2.24) is 10.0 Å². The molecule has 144 valence electrons. The fourth-order valence-corrected chi connectivity index (χ4v) is 3.53. The molecule has 1 heterocycles. The maximum absolute atomic E-state index is 12.2. The highest BCUT2D eigenvalue weighted by atomic mass is 32.2. The van der Waals surface area contributed by atoms with Gasteiger partial charge in [0.25, 0.3) is 5.69 Å². The first-order chi connectivity index (χ1) is 13.4. The number of amides is 2. The van der Waals surface area contributed by atoms with Crippen LogP contribution < -0.4 is 14.9 Å². The molecule has 0 saturated carbocycles. The third-order valence-electron chi connectivity index (χ3n) is 3.96. The highest BCUT2D eigenvalue weighted by Gasteiger charge is 2.20. The number of carbonyl (C=O) groups excluding carboxylic acids is 1. The van der Waals surface area contributed by atoms with Crippen molar-refractivity contribution in [3.05, 3.63) is 64.2 Å². The van der Waals surface area contributed by atoms with E-state index >= 15 is 0 Å². The Bertz CT molecular complexity index is 1070. The van der Waals surface area contributed by atoms with Gasteiger partial charge in [0.2, 0.25) is 10.0 Å². The molecule has 2 amide bonds. The SMILES string of the molecule is O=C1NCCN1c1ccc(C#CCNS(=O)(=O)c2cccc([N+](=O)[O-])c2)cc1. The molecule has 28 heavy (non-hydrogen) atoms. The molecule has 10 heteroatoms. The lowest BCUT2D eigenvalue weighted by Crippen LogP contribution is -2.27. The Labute approximate surface area is 161 Å². The lowest BCUT2D eigenvalue weighted by Gasteiger charge is -2.13. The van der Waals surface area contributed by atoms with E-state index in [1.54, 1.807) is 29.2 Å². The predicted molar refractivity (Wildman–Crippen MR) is 102 cm³/mol. The largest absolute Gasteiger partial charge is 0.336 e. The van der Waals surface area contributed by atoms with Crippen molar-refractivity contribution >= 4 is 27.4 Å². The van der Waals surface area contributed by atoms with Gasteiger partial charge in [0.15, 0.2) is 0 Å². The van der Waals surface area contributed by atoms with E-state index in [0.29, 0.717) is 18.7 Å². The summed E-state index contributed by atoms with van der Waals surface area (Å²) in [6, 6.07) is 11.7. The van der Waals surface area contributed by atoms with Crippen molar-refractivity contribution in [2.24, 2.45) is 0 Å². The fourth-order valence-electron chi connectivity index (χ4n) is 2.57. The third kappa shape index (κ3) is 4.46. The number of urea groups is 1. The topological polar surface area (TPSA) is 122 Å². The zero-order chi connectivity index (χ0) is 20.1. The number of nitrogens with zero attached hydrogens (tertiary/aromatic N) is 2. The molecular formula is C18H16N4O5S. The second kappa shape index (κ2) is 8.08. The third-order valence-corrected chi connectivity index (χ3v) is 5.36. The average molecular weight is 400 g/mol. The van der Waals surface area contributed by atoms with Crippen LogP contribution in [0.3, 0.4) is 0 Å². The molecule has 3 rings (SSSR count). The lowest BCUT2D eigenvalue weighted by atomic mass is 10.2. The Morgan fingerprint density at radius 1 is 1.21 bits per heavy atom. The van der Waals surface area contributed by atoms with Crippen LogP contribution in [0, 0.1) is 22.0 Å². The molecule has 9 nitrogen and oxygen atoms in total. The van der Waals surface area contributed by atoms with Crippen LogP contribution in [0.25, 0.3) is 0 Å². The number of carbonyl (C=O) groups is 1. The number of anilines is 1. The second-order valence-corrected chi connectivity index (χ2v) is 7.58. The molecule has 0 atom stereocenters. The number of non-ortho nitro benzene ring substituents is 1. The maximum Gasteiger partial charge on any atom is 0.321 e. The van der Waals surface area contributed by atoms with Gasteiger partial charge in [-0.2, -0.15) is 4.72 Å². The molecule has 2 aromatic rings. The van der Waals surface area contributed by atoms with E-state index in [1.165, 1.54) is 18.2 Å². The Morgan fingerprint density at radius 2 is 1.96 bits per heavy atom. The molecule has 2 N–H and O–H groups in total. The van der Waals surface area contributed by atoms with Gasteiger partial charge in [0.05, 0.1) is 16.4 Å². The zero-order valence-electron chi connectivity index (χ0n) is 14.6. The molecule has 1 aliphatic rings. The van der Waals surface area contributed by atoms with E-state index < -0.39 is 14.9 Å². The number of benzene rings is 2. The minimum atomic E-state index is -3.90. The number of nitro groups is 1. The molecule has 1 aliphatic heterocycles. The molecule has 0 aromatic heterocycles. The van der Waals surface area contributed by atoms with Crippen molar-refractivity contribution in [2.45, 2.75) is 4.90 Å². The lowest BCUT2D eigenvalue weighted by molar-refractivity contribution is -0.385. The Kier molecular flexibility index (Phi) is 5.58. The summed E-state index contributed by atoms with van der Waals surface area (Å²) < 4.78 is 26.7. The van der Waals surface area contributed by atoms with Gasteiger partial charge in [-0.3, -0.25) is 15.0 Å². The first-order valence-electron chi connectivity index (χ1n) is 8.25. The molecule has 2 aromatic carbocycles. The standard InChI is InChI=1S/C18H16N4O5S/c23-18-19-11-12-21(18)15-8-6-14(7-9-15)3-2-10-20-28(26,27)17-5-1-4-16(13-17)22(24)25/h1,4-9,13,20H,10-12H2,(H,19,23). The summed E-state index contributed by atoms with van der Waals surface area (Å²) in [5, 5.41) is 13.5. The molecule has 0 bridgehead atoms. The molecule has 1 fully saturated rings. The normalized spacial score (nSPS) is 13.6. The summed E-state index contributed by atoms with van der Waals surface area (Å²) in [5.41, 5.74) is 1.12. The highest BCUT2D eigenvalue weighted by molar-refractivity contribution is 7.89. The van der Waals surface area contributed by atoms with E-state index in [-0.39, 0.29) is 23.2 Å².